The van der Waals surface area contributed by atoms with E-state index in [9.17, 15) is 0 Å². The molecule has 1 aromatic heterocycles. The van der Waals surface area contributed by atoms with Gasteiger partial charge >= 0.3 is 0 Å². The average Bonchev–Trinajstić information content (AvgIpc) is 2.75. The highest BCUT2D eigenvalue weighted by Crippen LogP contribution is 2.21. The van der Waals surface area contributed by atoms with Crippen molar-refractivity contribution in [2.75, 3.05) is 20.3 Å². The Labute approximate surface area is 127 Å². The van der Waals surface area contributed by atoms with Crippen LogP contribution < -0.4 is 5.32 Å². The average molecular weight is 339 g/mol. The van der Waals surface area contributed by atoms with Crippen molar-refractivity contribution in [3.8, 4) is 5.69 Å². The SMILES string of the molecule is COCCNCc1ccc(-n2nc(C)nc2C)cc1Br. The minimum absolute atomic E-state index is 0.715. The zero-order valence-electron chi connectivity index (χ0n) is 12.0. The second-order valence-electron chi connectivity index (χ2n) is 4.56. The van der Waals surface area contributed by atoms with Crippen molar-refractivity contribution in [2.45, 2.75) is 20.4 Å². The molecule has 5 nitrogen and oxygen atoms in total. The van der Waals surface area contributed by atoms with Gasteiger partial charge < -0.3 is 10.1 Å². The highest BCUT2D eigenvalue weighted by Gasteiger charge is 2.07. The fourth-order valence-corrected chi connectivity index (χ4v) is 2.48. The molecule has 0 aliphatic heterocycles. The van der Waals surface area contributed by atoms with Crippen molar-refractivity contribution in [2.24, 2.45) is 0 Å². The summed E-state index contributed by atoms with van der Waals surface area (Å²) in [6.07, 6.45) is 0. The molecule has 2 rings (SSSR count). The number of hydrogen-bond acceptors (Lipinski definition) is 4. The van der Waals surface area contributed by atoms with Gasteiger partial charge in [-0.1, -0.05) is 22.0 Å². The maximum Gasteiger partial charge on any atom is 0.148 e. The van der Waals surface area contributed by atoms with Gasteiger partial charge in [0.2, 0.25) is 0 Å². The van der Waals surface area contributed by atoms with Crippen LogP contribution in [0.15, 0.2) is 22.7 Å². The van der Waals surface area contributed by atoms with Crippen molar-refractivity contribution < 1.29 is 4.74 Å². The lowest BCUT2D eigenvalue weighted by atomic mass is 10.2. The van der Waals surface area contributed by atoms with Crippen molar-refractivity contribution in [1.29, 1.82) is 0 Å². The molecule has 0 fully saturated rings. The van der Waals surface area contributed by atoms with E-state index in [-0.39, 0.29) is 0 Å². The van der Waals surface area contributed by atoms with E-state index in [1.165, 1.54) is 5.56 Å². The van der Waals surface area contributed by atoms with Crippen LogP contribution >= 0.6 is 15.9 Å². The third kappa shape index (κ3) is 3.65. The summed E-state index contributed by atoms with van der Waals surface area (Å²) in [4.78, 5) is 4.32. The number of ether oxygens (including phenoxy) is 1. The van der Waals surface area contributed by atoms with Crippen molar-refractivity contribution in [3.63, 3.8) is 0 Å². The summed E-state index contributed by atoms with van der Waals surface area (Å²) in [7, 11) is 1.70. The fraction of sp³-hybridized carbons (Fsp3) is 0.429. The van der Waals surface area contributed by atoms with Crippen LogP contribution in [0.4, 0.5) is 0 Å². The lowest BCUT2D eigenvalue weighted by Gasteiger charge is -2.09. The molecule has 6 heteroatoms. The summed E-state index contributed by atoms with van der Waals surface area (Å²) >= 11 is 3.61. The van der Waals surface area contributed by atoms with Crippen LogP contribution in [0.5, 0.6) is 0 Å². The molecule has 2 aromatic rings. The number of aryl methyl sites for hydroxylation is 2. The lowest BCUT2D eigenvalue weighted by Crippen LogP contribution is -2.18. The second kappa shape index (κ2) is 6.97. The largest absolute Gasteiger partial charge is 0.383 e. The monoisotopic (exact) mass is 338 g/mol. The number of methoxy groups -OCH3 is 1. The summed E-state index contributed by atoms with van der Waals surface area (Å²) in [5, 5.41) is 7.72. The molecule has 0 atom stereocenters. The number of nitrogens with one attached hydrogen (secondary N) is 1. The molecule has 0 amide bonds. The summed E-state index contributed by atoms with van der Waals surface area (Å²) in [6.45, 7) is 6.21. The van der Waals surface area contributed by atoms with Crippen LogP contribution in [0, 0.1) is 13.8 Å². The van der Waals surface area contributed by atoms with Gasteiger partial charge in [0, 0.05) is 24.7 Å². The lowest BCUT2D eigenvalue weighted by molar-refractivity contribution is 0.199. The normalized spacial score (nSPS) is 11.0. The van der Waals surface area contributed by atoms with Gasteiger partial charge in [0.15, 0.2) is 0 Å². The molecule has 0 saturated carbocycles. The van der Waals surface area contributed by atoms with Crippen LogP contribution in [0.2, 0.25) is 0 Å². The van der Waals surface area contributed by atoms with Gasteiger partial charge in [0.05, 0.1) is 12.3 Å². The standard InChI is InChI=1S/C14H19BrN4O/c1-10-17-11(2)19(18-10)13-5-4-12(14(15)8-13)9-16-6-7-20-3/h4-5,8,16H,6-7,9H2,1-3H3. The first-order chi connectivity index (χ1) is 9.61. The predicted molar refractivity (Wildman–Crippen MR) is 82.1 cm³/mol. The molecule has 20 heavy (non-hydrogen) atoms. The van der Waals surface area contributed by atoms with E-state index in [0.717, 1.165) is 34.9 Å². The topological polar surface area (TPSA) is 52.0 Å². The molecule has 0 unspecified atom stereocenters. The zero-order valence-corrected chi connectivity index (χ0v) is 13.6. The zero-order chi connectivity index (χ0) is 14.5. The number of benzene rings is 1. The second-order valence-corrected chi connectivity index (χ2v) is 5.42. The Morgan fingerprint density at radius 2 is 2.15 bits per heavy atom. The minimum Gasteiger partial charge on any atom is -0.383 e. The van der Waals surface area contributed by atoms with Crippen LogP contribution in [-0.4, -0.2) is 35.0 Å². The summed E-state index contributed by atoms with van der Waals surface area (Å²) in [5.41, 5.74) is 2.22. The van der Waals surface area contributed by atoms with E-state index in [1.54, 1.807) is 7.11 Å². The van der Waals surface area contributed by atoms with Gasteiger partial charge in [-0.15, -0.1) is 0 Å². The molecule has 1 heterocycles. The first-order valence-electron chi connectivity index (χ1n) is 6.50. The van der Waals surface area contributed by atoms with E-state index < -0.39 is 0 Å². The van der Waals surface area contributed by atoms with Gasteiger partial charge in [0.25, 0.3) is 0 Å². The summed E-state index contributed by atoms with van der Waals surface area (Å²) in [6, 6.07) is 6.21. The van der Waals surface area contributed by atoms with Crippen LogP contribution in [0.25, 0.3) is 5.69 Å². The molecule has 1 N–H and O–H groups in total. The Morgan fingerprint density at radius 1 is 1.35 bits per heavy atom. The van der Waals surface area contributed by atoms with E-state index in [1.807, 2.05) is 18.5 Å². The molecule has 0 aliphatic carbocycles. The maximum atomic E-state index is 5.01. The van der Waals surface area contributed by atoms with Gasteiger partial charge in [0.1, 0.15) is 11.6 Å². The maximum absolute atomic E-state index is 5.01. The van der Waals surface area contributed by atoms with Crippen molar-refractivity contribution in [1.82, 2.24) is 20.1 Å². The van der Waals surface area contributed by atoms with Crippen molar-refractivity contribution >= 4 is 15.9 Å². The number of halogens is 1. The van der Waals surface area contributed by atoms with E-state index in [0.29, 0.717) is 6.61 Å². The van der Waals surface area contributed by atoms with E-state index >= 15 is 0 Å². The Kier molecular flexibility index (Phi) is 5.28. The Morgan fingerprint density at radius 3 is 2.75 bits per heavy atom. The first-order valence-corrected chi connectivity index (χ1v) is 7.30. The van der Waals surface area contributed by atoms with Gasteiger partial charge in [-0.2, -0.15) is 5.10 Å². The molecule has 108 valence electrons. The van der Waals surface area contributed by atoms with Crippen LogP contribution in [-0.2, 0) is 11.3 Å². The highest BCUT2D eigenvalue weighted by molar-refractivity contribution is 9.10. The van der Waals surface area contributed by atoms with Gasteiger partial charge in [-0.3, -0.25) is 0 Å². The third-order valence-electron chi connectivity index (χ3n) is 2.95. The van der Waals surface area contributed by atoms with Gasteiger partial charge in [-0.05, 0) is 31.5 Å². The predicted octanol–water partition coefficient (Wildman–Crippen LogP) is 2.38. The van der Waals surface area contributed by atoms with E-state index in [2.05, 4.69) is 49.5 Å². The molecule has 0 radical (unpaired) electrons. The summed E-state index contributed by atoms with van der Waals surface area (Å²) in [5.74, 6) is 1.67. The first kappa shape index (κ1) is 15.2. The van der Waals surface area contributed by atoms with Crippen molar-refractivity contribution in [3.05, 3.63) is 39.9 Å². The third-order valence-corrected chi connectivity index (χ3v) is 3.69. The number of hydrogen-bond donors (Lipinski definition) is 1. The fourth-order valence-electron chi connectivity index (χ4n) is 1.97. The minimum atomic E-state index is 0.715. The Bertz CT molecular complexity index is 583. The van der Waals surface area contributed by atoms with Crippen LogP contribution in [0.1, 0.15) is 17.2 Å². The number of nitrogens with zero attached hydrogens (tertiary/aromatic N) is 3. The smallest absolute Gasteiger partial charge is 0.148 e. The van der Waals surface area contributed by atoms with E-state index in [4.69, 9.17) is 4.74 Å². The Balaban J connectivity index is 2.11. The molecule has 0 saturated heterocycles. The molecular formula is C14H19BrN4O. The highest BCUT2D eigenvalue weighted by atomic mass is 79.9. The van der Waals surface area contributed by atoms with Crippen LogP contribution in [0.3, 0.4) is 0 Å². The molecular weight excluding hydrogens is 320 g/mol. The molecule has 1 aromatic carbocycles. The molecule has 0 spiro atoms. The number of aromatic nitrogens is 3. The Hall–Kier alpha value is -1.24. The molecule has 0 aliphatic rings. The molecule has 0 bridgehead atoms. The summed E-state index contributed by atoms with van der Waals surface area (Å²) < 4.78 is 7.92. The quantitative estimate of drug-likeness (QED) is 0.821. The van der Waals surface area contributed by atoms with Gasteiger partial charge in [-0.25, -0.2) is 9.67 Å². The number of rotatable bonds is 6.